The number of nitrogens with one attached hydrogen (secondary N) is 1. The maximum Gasteiger partial charge on any atom is 0.180 e. The topological polar surface area (TPSA) is 54.0 Å². The first-order valence-electron chi connectivity index (χ1n) is 6.56. The van der Waals surface area contributed by atoms with Gasteiger partial charge in [0.15, 0.2) is 5.82 Å². The second-order valence-corrected chi connectivity index (χ2v) is 5.80. The molecule has 1 fully saturated rings. The van der Waals surface area contributed by atoms with Crippen LogP contribution in [0.2, 0.25) is 0 Å². The summed E-state index contributed by atoms with van der Waals surface area (Å²) in [5.74, 6) is 1.62. The Labute approximate surface area is 116 Å². The highest BCUT2D eigenvalue weighted by Gasteiger charge is 2.24. The predicted octanol–water partition coefficient (Wildman–Crippen LogP) is 1.79. The number of thiophene rings is 1. The van der Waals surface area contributed by atoms with Gasteiger partial charge in [-0.1, -0.05) is 6.07 Å². The van der Waals surface area contributed by atoms with Crippen molar-refractivity contribution in [3.63, 3.8) is 0 Å². The second-order valence-electron chi connectivity index (χ2n) is 4.77. The largest absolute Gasteiger partial charge is 0.367 e. The molecule has 0 spiro atoms. The molecule has 1 unspecified atom stereocenters. The monoisotopic (exact) mass is 278 g/mol. The van der Waals surface area contributed by atoms with E-state index in [1.54, 1.807) is 0 Å². The van der Waals surface area contributed by atoms with Crippen LogP contribution in [0.1, 0.15) is 22.6 Å². The van der Waals surface area contributed by atoms with Gasteiger partial charge in [0.05, 0.1) is 6.61 Å². The third-order valence-electron chi connectivity index (χ3n) is 3.31. The van der Waals surface area contributed by atoms with Crippen molar-refractivity contribution in [1.82, 2.24) is 20.1 Å². The second kappa shape index (κ2) is 5.81. The third kappa shape index (κ3) is 3.20. The minimum absolute atomic E-state index is 0.00188. The lowest BCUT2D eigenvalue weighted by Crippen LogP contribution is -2.39. The van der Waals surface area contributed by atoms with Crippen molar-refractivity contribution in [3.8, 4) is 0 Å². The summed E-state index contributed by atoms with van der Waals surface area (Å²) in [6.45, 7) is 5.61. The van der Waals surface area contributed by atoms with E-state index in [2.05, 4.69) is 37.6 Å². The zero-order chi connectivity index (χ0) is 13.1. The summed E-state index contributed by atoms with van der Waals surface area (Å²) in [6.07, 6.45) is 1.11. The molecule has 6 heteroatoms. The average Bonchev–Trinajstić information content (AvgIpc) is 3.08. The minimum Gasteiger partial charge on any atom is -0.367 e. The van der Waals surface area contributed by atoms with E-state index in [4.69, 9.17) is 4.74 Å². The van der Waals surface area contributed by atoms with Gasteiger partial charge in [0.1, 0.15) is 11.9 Å². The Morgan fingerprint density at radius 2 is 2.53 bits per heavy atom. The number of hydrogen-bond acceptors (Lipinski definition) is 5. The first-order chi connectivity index (χ1) is 9.31. The highest BCUT2D eigenvalue weighted by Crippen LogP contribution is 2.19. The van der Waals surface area contributed by atoms with Crippen LogP contribution >= 0.6 is 11.3 Å². The predicted molar refractivity (Wildman–Crippen MR) is 74.3 cm³/mol. The number of ether oxygens (including phenoxy) is 1. The van der Waals surface area contributed by atoms with Crippen LogP contribution in [0.4, 0.5) is 0 Å². The zero-order valence-electron chi connectivity index (χ0n) is 11.0. The molecule has 0 aromatic carbocycles. The molecule has 102 valence electrons. The smallest absolute Gasteiger partial charge is 0.180 e. The van der Waals surface area contributed by atoms with E-state index in [9.17, 15) is 0 Å². The normalized spacial score (nSPS) is 20.8. The third-order valence-corrected chi connectivity index (χ3v) is 4.24. The lowest BCUT2D eigenvalue weighted by molar-refractivity contribution is -0.0337. The number of aromatic amines is 1. The molecule has 3 rings (SSSR count). The number of morpholine rings is 1. The Morgan fingerprint density at radius 1 is 1.58 bits per heavy atom. The Bertz CT molecular complexity index is 510. The summed E-state index contributed by atoms with van der Waals surface area (Å²) in [5, 5.41) is 9.21. The molecule has 1 N–H and O–H groups in total. The van der Waals surface area contributed by atoms with Gasteiger partial charge in [-0.05, 0) is 24.8 Å². The standard InChI is InChI=1S/C13H18N4OS/c1-10-14-13(16-15-10)12-9-17(6-7-18-12)5-4-11-3-2-8-19-11/h2-3,8,12H,4-7,9H2,1H3,(H,14,15,16). The van der Waals surface area contributed by atoms with E-state index in [0.29, 0.717) is 0 Å². The van der Waals surface area contributed by atoms with Crippen LogP contribution in [0.25, 0.3) is 0 Å². The number of H-pyrrole nitrogens is 1. The zero-order valence-corrected chi connectivity index (χ0v) is 11.8. The number of nitrogens with zero attached hydrogens (tertiary/aromatic N) is 3. The Kier molecular flexibility index (Phi) is 3.91. The van der Waals surface area contributed by atoms with Gasteiger partial charge in [-0.2, -0.15) is 5.10 Å². The molecule has 1 aliphatic heterocycles. The molecule has 2 aromatic rings. The fourth-order valence-electron chi connectivity index (χ4n) is 2.29. The van der Waals surface area contributed by atoms with Crippen LogP contribution in [0.15, 0.2) is 17.5 Å². The number of aromatic nitrogens is 3. The maximum absolute atomic E-state index is 5.76. The van der Waals surface area contributed by atoms with Crippen molar-refractivity contribution in [1.29, 1.82) is 0 Å². The molecule has 0 aliphatic carbocycles. The van der Waals surface area contributed by atoms with Crippen molar-refractivity contribution in [2.24, 2.45) is 0 Å². The summed E-state index contributed by atoms with van der Waals surface area (Å²) in [6, 6.07) is 4.31. The molecule has 5 nitrogen and oxygen atoms in total. The molecule has 1 aliphatic rings. The fraction of sp³-hybridized carbons (Fsp3) is 0.538. The molecule has 0 saturated carbocycles. The lowest BCUT2D eigenvalue weighted by Gasteiger charge is -2.31. The van der Waals surface area contributed by atoms with Gasteiger partial charge >= 0.3 is 0 Å². The van der Waals surface area contributed by atoms with Crippen molar-refractivity contribution in [2.45, 2.75) is 19.4 Å². The highest BCUT2D eigenvalue weighted by atomic mass is 32.1. The van der Waals surface area contributed by atoms with Crippen molar-refractivity contribution in [2.75, 3.05) is 26.2 Å². The summed E-state index contributed by atoms with van der Waals surface area (Å²) in [5.41, 5.74) is 0. The van der Waals surface area contributed by atoms with Gasteiger partial charge in [0.2, 0.25) is 0 Å². The Morgan fingerprint density at radius 3 is 3.26 bits per heavy atom. The quantitative estimate of drug-likeness (QED) is 0.926. The van der Waals surface area contributed by atoms with Gasteiger partial charge in [0, 0.05) is 24.5 Å². The van der Waals surface area contributed by atoms with Crippen LogP contribution in [0.3, 0.4) is 0 Å². The summed E-state index contributed by atoms with van der Waals surface area (Å²) >= 11 is 1.82. The Balaban J connectivity index is 1.56. The molecule has 19 heavy (non-hydrogen) atoms. The van der Waals surface area contributed by atoms with Gasteiger partial charge < -0.3 is 4.74 Å². The van der Waals surface area contributed by atoms with Crippen LogP contribution in [-0.2, 0) is 11.2 Å². The van der Waals surface area contributed by atoms with Gasteiger partial charge in [0.25, 0.3) is 0 Å². The van der Waals surface area contributed by atoms with Crippen LogP contribution in [-0.4, -0.2) is 46.3 Å². The van der Waals surface area contributed by atoms with E-state index in [0.717, 1.165) is 44.3 Å². The van der Waals surface area contributed by atoms with Crippen molar-refractivity contribution in [3.05, 3.63) is 34.0 Å². The van der Waals surface area contributed by atoms with Crippen molar-refractivity contribution < 1.29 is 4.74 Å². The number of aryl methyl sites for hydroxylation is 1. The number of hydrogen-bond donors (Lipinski definition) is 1. The van der Waals surface area contributed by atoms with Crippen molar-refractivity contribution >= 4 is 11.3 Å². The lowest BCUT2D eigenvalue weighted by atomic mass is 10.2. The first kappa shape index (κ1) is 12.8. The SMILES string of the molecule is Cc1nc(C2CN(CCc3cccs3)CCO2)n[nH]1. The van der Waals surface area contributed by atoms with Crippen LogP contribution in [0, 0.1) is 6.92 Å². The van der Waals surface area contributed by atoms with E-state index in [1.807, 2.05) is 18.3 Å². The highest BCUT2D eigenvalue weighted by molar-refractivity contribution is 7.09. The van der Waals surface area contributed by atoms with E-state index >= 15 is 0 Å². The summed E-state index contributed by atoms with van der Waals surface area (Å²) in [7, 11) is 0. The van der Waals surface area contributed by atoms with E-state index in [-0.39, 0.29) is 6.10 Å². The fourth-order valence-corrected chi connectivity index (χ4v) is 2.99. The molecular weight excluding hydrogens is 260 g/mol. The molecule has 0 amide bonds. The molecule has 1 saturated heterocycles. The van der Waals surface area contributed by atoms with Gasteiger partial charge in [-0.3, -0.25) is 10.00 Å². The minimum atomic E-state index is 0.00188. The molecule has 0 radical (unpaired) electrons. The molecule has 2 aromatic heterocycles. The first-order valence-corrected chi connectivity index (χ1v) is 7.44. The van der Waals surface area contributed by atoms with Crippen LogP contribution < -0.4 is 0 Å². The molecule has 3 heterocycles. The number of rotatable bonds is 4. The maximum atomic E-state index is 5.76. The Hall–Kier alpha value is -1.24. The van der Waals surface area contributed by atoms with Gasteiger partial charge in [-0.15, -0.1) is 11.3 Å². The molecular formula is C13H18N4OS. The van der Waals surface area contributed by atoms with Crippen LogP contribution in [0.5, 0.6) is 0 Å². The van der Waals surface area contributed by atoms with E-state index in [1.165, 1.54) is 4.88 Å². The summed E-state index contributed by atoms with van der Waals surface area (Å²) in [4.78, 5) is 8.23. The molecule has 0 bridgehead atoms. The molecule has 1 atom stereocenters. The average molecular weight is 278 g/mol. The summed E-state index contributed by atoms with van der Waals surface area (Å²) < 4.78 is 5.76. The van der Waals surface area contributed by atoms with E-state index < -0.39 is 0 Å². The van der Waals surface area contributed by atoms with Gasteiger partial charge in [-0.25, -0.2) is 4.98 Å².